The van der Waals surface area contributed by atoms with E-state index in [4.69, 9.17) is 0 Å². The summed E-state index contributed by atoms with van der Waals surface area (Å²) < 4.78 is 0. The molecule has 0 aliphatic rings. The highest BCUT2D eigenvalue weighted by molar-refractivity contribution is 7.07. The fourth-order valence-electron chi connectivity index (χ4n) is 4.06. The Labute approximate surface area is 170 Å². The van der Waals surface area contributed by atoms with Crippen molar-refractivity contribution in [1.82, 2.24) is 0 Å². The summed E-state index contributed by atoms with van der Waals surface area (Å²) in [5, 5.41) is 13.5. The van der Waals surface area contributed by atoms with Gasteiger partial charge in [0.1, 0.15) is 8.07 Å². The van der Waals surface area contributed by atoms with Gasteiger partial charge in [-0.2, -0.15) is 0 Å². The summed E-state index contributed by atoms with van der Waals surface area (Å²) >= 11 is 0. The van der Waals surface area contributed by atoms with Crippen molar-refractivity contribution in [3.8, 4) is 0 Å². The first-order valence-electron chi connectivity index (χ1n) is 9.97. The molecular weight excluding hydrogens is 356 g/mol. The van der Waals surface area contributed by atoms with Crippen molar-refractivity contribution >= 4 is 18.4 Å². The molecule has 0 bridgehead atoms. The average molecular weight is 387 g/mol. The quantitative estimate of drug-likeness (QED) is 0.572. The van der Waals surface area contributed by atoms with Gasteiger partial charge in [0.15, 0.2) is 0 Å². The molecule has 3 rings (SSSR count). The molecule has 0 fully saturated rings. The lowest BCUT2D eigenvalue weighted by Gasteiger charge is -2.42. The molecular formula is C26H30OSi. The second kappa shape index (κ2) is 8.72. The Morgan fingerprint density at radius 2 is 1.18 bits per heavy atom. The van der Waals surface area contributed by atoms with Gasteiger partial charge >= 0.3 is 0 Å². The number of aliphatic hydroxyl groups is 1. The van der Waals surface area contributed by atoms with E-state index in [0.717, 1.165) is 5.56 Å². The molecule has 1 nitrogen and oxygen atoms in total. The smallest absolute Gasteiger partial charge is 0.146 e. The zero-order valence-corrected chi connectivity index (χ0v) is 18.0. The summed E-state index contributed by atoms with van der Waals surface area (Å²) in [7, 11) is -2.21. The van der Waals surface area contributed by atoms with Gasteiger partial charge in [-0.25, -0.2) is 0 Å². The summed E-state index contributed by atoms with van der Waals surface area (Å²) in [5.41, 5.74) is 3.40. The predicted molar refractivity (Wildman–Crippen MR) is 123 cm³/mol. The molecule has 144 valence electrons. The van der Waals surface area contributed by atoms with Gasteiger partial charge < -0.3 is 5.11 Å². The Morgan fingerprint density at radius 1 is 0.750 bits per heavy atom. The molecule has 0 aliphatic heterocycles. The van der Waals surface area contributed by atoms with Crippen LogP contribution >= 0.6 is 0 Å². The minimum Gasteiger partial charge on any atom is -0.388 e. The molecule has 28 heavy (non-hydrogen) atoms. The third-order valence-electron chi connectivity index (χ3n) is 5.55. The molecule has 0 heterocycles. The first-order valence-corrected chi connectivity index (χ1v) is 12.0. The SMILES string of the molecule is CC(C)(C)[Si](/C=C/CC(O)c1ccccc1)(c1ccccc1)c1ccccc1. The lowest BCUT2D eigenvalue weighted by Crippen LogP contribution is -2.63. The molecule has 0 radical (unpaired) electrons. The molecule has 0 spiro atoms. The van der Waals surface area contributed by atoms with Crippen LogP contribution in [-0.4, -0.2) is 13.2 Å². The van der Waals surface area contributed by atoms with Crippen LogP contribution in [0.5, 0.6) is 0 Å². The second-order valence-electron chi connectivity index (χ2n) is 8.35. The van der Waals surface area contributed by atoms with E-state index >= 15 is 0 Å². The van der Waals surface area contributed by atoms with Crippen molar-refractivity contribution in [3.63, 3.8) is 0 Å². The minimum atomic E-state index is -2.21. The predicted octanol–water partition coefficient (Wildman–Crippen LogP) is 5.27. The summed E-state index contributed by atoms with van der Waals surface area (Å²) in [4.78, 5) is 0. The minimum absolute atomic E-state index is 0.0872. The van der Waals surface area contributed by atoms with Crippen molar-refractivity contribution in [2.75, 3.05) is 0 Å². The number of rotatable bonds is 6. The Kier molecular flexibility index (Phi) is 6.33. The molecule has 0 saturated carbocycles. The average Bonchev–Trinajstić information content (AvgIpc) is 2.72. The Balaban J connectivity index is 2.03. The van der Waals surface area contributed by atoms with Crippen LogP contribution in [0.2, 0.25) is 5.04 Å². The lowest BCUT2D eigenvalue weighted by atomic mass is 10.1. The summed E-state index contributed by atoms with van der Waals surface area (Å²) in [6.07, 6.45) is 2.35. The highest BCUT2D eigenvalue weighted by atomic mass is 28.3. The van der Waals surface area contributed by atoms with Crippen molar-refractivity contribution in [2.45, 2.75) is 38.3 Å². The monoisotopic (exact) mass is 386 g/mol. The van der Waals surface area contributed by atoms with E-state index in [-0.39, 0.29) is 5.04 Å². The van der Waals surface area contributed by atoms with Gasteiger partial charge in [0.05, 0.1) is 6.10 Å². The van der Waals surface area contributed by atoms with Gasteiger partial charge in [-0.3, -0.25) is 0 Å². The highest BCUT2D eigenvalue weighted by Crippen LogP contribution is 2.37. The van der Waals surface area contributed by atoms with Gasteiger partial charge in [-0.1, -0.05) is 124 Å². The van der Waals surface area contributed by atoms with Crippen LogP contribution in [0, 0.1) is 0 Å². The van der Waals surface area contributed by atoms with Gasteiger partial charge in [0.25, 0.3) is 0 Å². The zero-order valence-electron chi connectivity index (χ0n) is 17.0. The molecule has 1 N–H and O–H groups in total. The molecule has 1 atom stereocenters. The van der Waals surface area contributed by atoms with E-state index in [9.17, 15) is 5.11 Å². The Hall–Kier alpha value is -2.42. The van der Waals surface area contributed by atoms with Crippen LogP contribution in [-0.2, 0) is 0 Å². The van der Waals surface area contributed by atoms with Crippen molar-refractivity contribution < 1.29 is 5.11 Å². The lowest BCUT2D eigenvalue weighted by molar-refractivity contribution is 0.181. The maximum Gasteiger partial charge on any atom is 0.146 e. The van der Waals surface area contributed by atoms with E-state index in [1.165, 1.54) is 10.4 Å². The van der Waals surface area contributed by atoms with E-state index in [2.05, 4.69) is 93.2 Å². The van der Waals surface area contributed by atoms with Crippen LogP contribution in [0.1, 0.15) is 38.9 Å². The van der Waals surface area contributed by atoms with Gasteiger partial charge in [0, 0.05) is 0 Å². The maximum absolute atomic E-state index is 10.6. The second-order valence-corrected chi connectivity index (χ2v) is 13.0. The fraction of sp³-hybridized carbons (Fsp3) is 0.231. The Bertz CT molecular complexity index is 840. The van der Waals surface area contributed by atoms with Crippen molar-refractivity contribution in [2.24, 2.45) is 0 Å². The third-order valence-corrected chi connectivity index (χ3v) is 11.1. The van der Waals surface area contributed by atoms with E-state index in [0.29, 0.717) is 6.42 Å². The van der Waals surface area contributed by atoms with Crippen LogP contribution in [0.4, 0.5) is 0 Å². The number of hydrogen-bond acceptors (Lipinski definition) is 1. The van der Waals surface area contributed by atoms with Crippen molar-refractivity contribution in [1.29, 1.82) is 0 Å². The molecule has 2 heteroatoms. The first kappa shape index (κ1) is 20.3. The molecule has 3 aromatic carbocycles. The zero-order chi connectivity index (χ0) is 20.0. The van der Waals surface area contributed by atoms with E-state index < -0.39 is 14.2 Å². The van der Waals surface area contributed by atoms with E-state index in [1.807, 2.05) is 30.3 Å². The molecule has 0 aliphatic carbocycles. The summed E-state index contributed by atoms with van der Waals surface area (Å²) in [6, 6.07) is 31.7. The fourth-order valence-corrected chi connectivity index (χ4v) is 8.94. The van der Waals surface area contributed by atoms with Crippen LogP contribution in [0.3, 0.4) is 0 Å². The van der Waals surface area contributed by atoms with Gasteiger partial charge in [0.2, 0.25) is 0 Å². The maximum atomic E-state index is 10.6. The number of benzene rings is 3. The largest absolute Gasteiger partial charge is 0.388 e. The summed E-state index contributed by atoms with van der Waals surface area (Å²) in [6.45, 7) is 7.03. The van der Waals surface area contributed by atoms with Gasteiger partial charge in [-0.15, -0.1) is 0 Å². The standard InChI is InChI=1S/C26H30OSi/c1-26(2,3)28(23-16-9-5-10-17-23,24-18-11-6-12-19-24)21-13-20-25(27)22-14-7-4-8-15-22/h4-19,21,25,27H,20H2,1-3H3/b21-13+. The topological polar surface area (TPSA) is 20.2 Å². The normalized spacial score (nSPS) is 13.6. The molecule has 0 saturated heterocycles. The van der Waals surface area contributed by atoms with Crippen LogP contribution < -0.4 is 10.4 Å². The van der Waals surface area contributed by atoms with Crippen molar-refractivity contribution in [3.05, 3.63) is 108 Å². The first-order chi connectivity index (χ1) is 13.4. The molecule has 1 unspecified atom stereocenters. The number of aliphatic hydroxyl groups excluding tert-OH is 1. The molecule has 0 aromatic heterocycles. The molecule has 0 amide bonds. The third kappa shape index (κ3) is 4.19. The van der Waals surface area contributed by atoms with Crippen LogP contribution in [0.25, 0.3) is 0 Å². The Morgan fingerprint density at radius 3 is 1.61 bits per heavy atom. The number of hydrogen-bond donors (Lipinski definition) is 1. The highest BCUT2D eigenvalue weighted by Gasteiger charge is 2.45. The summed E-state index contributed by atoms with van der Waals surface area (Å²) in [5.74, 6) is 0. The van der Waals surface area contributed by atoms with E-state index in [1.54, 1.807) is 0 Å². The van der Waals surface area contributed by atoms with Crippen LogP contribution in [0.15, 0.2) is 103 Å². The molecule has 3 aromatic rings. The van der Waals surface area contributed by atoms with Gasteiger partial charge in [-0.05, 0) is 27.4 Å².